The molecule has 1 saturated heterocycles. The Morgan fingerprint density at radius 1 is 1.11 bits per heavy atom. The summed E-state index contributed by atoms with van der Waals surface area (Å²) in [6.07, 6.45) is 3.73. The Morgan fingerprint density at radius 3 is 2.78 bits per heavy atom. The number of nitrogens with one attached hydrogen (secondary N) is 1. The fourth-order valence-electron chi connectivity index (χ4n) is 4.47. The van der Waals surface area contributed by atoms with Crippen LogP contribution in [0.15, 0.2) is 48.8 Å². The molecule has 1 aromatic carbocycles. The number of benzene rings is 1. The number of fused-ring (bicyclic) bond motifs is 3. The van der Waals surface area contributed by atoms with E-state index in [2.05, 4.69) is 79.7 Å². The van der Waals surface area contributed by atoms with Crippen molar-refractivity contribution in [2.75, 3.05) is 13.1 Å². The summed E-state index contributed by atoms with van der Waals surface area (Å²) in [4.78, 5) is 10.2. The molecule has 1 aliphatic heterocycles. The second kappa shape index (κ2) is 6.46. The molecule has 3 aromatic heterocycles. The number of aromatic amines is 1. The lowest BCUT2D eigenvalue weighted by Gasteiger charge is -2.20. The van der Waals surface area contributed by atoms with Gasteiger partial charge >= 0.3 is 0 Å². The standard InChI is InChI=1S/C21H24N6/c1-14(2)16-12-26(11-15-6-4-3-5-7-15)13-17(16)21-25-24-19-10-23-20-18(27(19)21)8-9-22-20/h3-10,14,16-17,22H,11-13H2,1-2H3/t16?,17-/m1/s1. The molecule has 6 nitrogen and oxygen atoms in total. The number of hydrogen-bond acceptors (Lipinski definition) is 4. The quantitative estimate of drug-likeness (QED) is 0.605. The Balaban J connectivity index is 1.53. The smallest absolute Gasteiger partial charge is 0.179 e. The summed E-state index contributed by atoms with van der Waals surface area (Å²) in [6.45, 7) is 7.72. The fraction of sp³-hybridized carbons (Fsp3) is 0.381. The van der Waals surface area contributed by atoms with Crippen molar-refractivity contribution in [2.45, 2.75) is 26.3 Å². The summed E-state index contributed by atoms with van der Waals surface area (Å²) in [5.41, 5.74) is 4.12. The van der Waals surface area contributed by atoms with Gasteiger partial charge < -0.3 is 4.98 Å². The number of likely N-dealkylation sites (tertiary alicyclic amines) is 1. The normalized spacial score (nSPS) is 21.0. The third-order valence-electron chi connectivity index (χ3n) is 5.84. The first kappa shape index (κ1) is 16.4. The second-order valence-electron chi connectivity index (χ2n) is 7.92. The molecule has 1 fully saturated rings. The SMILES string of the molecule is CC(C)C1CN(Cc2ccccc2)C[C@H]1c1nnc2cnc3[nH]ccc3n12. The highest BCUT2D eigenvalue weighted by molar-refractivity contribution is 5.74. The monoisotopic (exact) mass is 360 g/mol. The maximum Gasteiger partial charge on any atom is 0.179 e. The highest BCUT2D eigenvalue weighted by Crippen LogP contribution is 2.37. The number of aromatic nitrogens is 5. The summed E-state index contributed by atoms with van der Waals surface area (Å²) in [6, 6.07) is 12.8. The molecule has 1 unspecified atom stereocenters. The zero-order valence-corrected chi connectivity index (χ0v) is 15.7. The summed E-state index contributed by atoms with van der Waals surface area (Å²) in [5.74, 6) is 2.57. The zero-order valence-electron chi connectivity index (χ0n) is 15.7. The second-order valence-corrected chi connectivity index (χ2v) is 7.92. The van der Waals surface area contributed by atoms with Gasteiger partial charge in [0, 0.05) is 31.7 Å². The minimum absolute atomic E-state index is 0.365. The summed E-state index contributed by atoms with van der Waals surface area (Å²) < 4.78 is 2.19. The van der Waals surface area contributed by atoms with E-state index in [0.717, 1.165) is 42.3 Å². The van der Waals surface area contributed by atoms with Gasteiger partial charge in [0.2, 0.25) is 0 Å². The van der Waals surface area contributed by atoms with E-state index in [1.807, 2.05) is 6.20 Å². The first-order chi connectivity index (χ1) is 13.2. The van der Waals surface area contributed by atoms with Gasteiger partial charge in [-0.2, -0.15) is 0 Å². The van der Waals surface area contributed by atoms with Gasteiger partial charge in [-0.15, -0.1) is 10.2 Å². The van der Waals surface area contributed by atoms with Crippen molar-refractivity contribution < 1.29 is 0 Å². The van der Waals surface area contributed by atoms with Crippen LogP contribution in [0.1, 0.15) is 31.2 Å². The molecule has 2 atom stereocenters. The van der Waals surface area contributed by atoms with Crippen molar-refractivity contribution in [3.63, 3.8) is 0 Å². The van der Waals surface area contributed by atoms with Crippen LogP contribution >= 0.6 is 0 Å². The lowest BCUT2D eigenvalue weighted by atomic mass is 9.85. The molecule has 1 N–H and O–H groups in total. The number of nitrogens with zero attached hydrogens (tertiary/aromatic N) is 5. The van der Waals surface area contributed by atoms with Gasteiger partial charge in [0.15, 0.2) is 11.3 Å². The molecule has 0 bridgehead atoms. The largest absolute Gasteiger partial charge is 0.345 e. The molecule has 4 heterocycles. The zero-order chi connectivity index (χ0) is 18.4. The molecule has 0 amide bonds. The van der Waals surface area contributed by atoms with E-state index in [4.69, 9.17) is 0 Å². The van der Waals surface area contributed by atoms with Crippen molar-refractivity contribution in [1.29, 1.82) is 0 Å². The van der Waals surface area contributed by atoms with Crippen LogP contribution in [-0.2, 0) is 6.54 Å². The van der Waals surface area contributed by atoms with Crippen LogP contribution in [0.4, 0.5) is 0 Å². The summed E-state index contributed by atoms with van der Waals surface area (Å²) in [7, 11) is 0. The maximum atomic E-state index is 4.61. The summed E-state index contributed by atoms with van der Waals surface area (Å²) in [5, 5.41) is 9.03. The van der Waals surface area contributed by atoms with Crippen LogP contribution in [-0.4, -0.2) is 42.6 Å². The summed E-state index contributed by atoms with van der Waals surface area (Å²) >= 11 is 0. The van der Waals surface area contributed by atoms with E-state index >= 15 is 0 Å². The number of rotatable bonds is 4. The molecule has 1 aliphatic rings. The molecule has 0 aliphatic carbocycles. The molecule has 138 valence electrons. The number of H-pyrrole nitrogens is 1. The third-order valence-corrected chi connectivity index (χ3v) is 5.84. The number of hydrogen-bond donors (Lipinski definition) is 1. The molecule has 0 saturated carbocycles. The van der Waals surface area contributed by atoms with E-state index in [0.29, 0.717) is 17.8 Å². The van der Waals surface area contributed by atoms with Crippen LogP contribution in [0.3, 0.4) is 0 Å². The third kappa shape index (κ3) is 2.80. The Bertz CT molecular complexity index is 1060. The van der Waals surface area contributed by atoms with Gasteiger partial charge in [0.05, 0.1) is 11.7 Å². The van der Waals surface area contributed by atoms with Gasteiger partial charge in [-0.1, -0.05) is 44.2 Å². The minimum atomic E-state index is 0.365. The van der Waals surface area contributed by atoms with Crippen molar-refractivity contribution in [3.05, 3.63) is 60.2 Å². The maximum absolute atomic E-state index is 4.61. The van der Waals surface area contributed by atoms with Crippen LogP contribution < -0.4 is 0 Å². The molecule has 0 spiro atoms. The van der Waals surface area contributed by atoms with Crippen LogP contribution in [0.25, 0.3) is 16.8 Å². The molecule has 27 heavy (non-hydrogen) atoms. The molecule has 5 rings (SSSR count). The van der Waals surface area contributed by atoms with Gasteiger partial charge in [0.1, 0.15) is 5.82 Å². The van der Waals surface area contributed by atoms with Gasteiger partial charge in [0.25, 0.3) is 0 Å². The van der Waals surface area contributed by atoms with Crippen molar-refractivity contribution in [2.24, 2.45) is 11.8 Å². The van der Waals surface area contributed by atoms with E-state index in [9.17, 15) is 0 Å². The van der Waals surface area contributed by atoms with Gasteiger partial charge in [-0.25, -0.2) is 4.98 Å². The van der Waals surface area contributed by atoms with E-state index in [1.165, 1.54) is 5.56 Å². The topological polar surface area (TPSA) is 62.1 Å². The van der Waals surface area contributed by atoms with Gasteiger partial charge in [-0.05, 0) is 23.5 Å². The highest BCUT2D eigenvalue weighted by Gasteiger charge is 2.38. The molecular formula is C21H24N6. The molecule has 0 radical (unpaired) electrons. The Hall–Kier alpha value is -2.73. The van der Waals surface area contributed by atoms with Crippen LogP contribution in [0.2, 0.25) is 0 Å². The van der Waals surface area contributed by atoms with Crippen molar-refractivity contribution >= 4 is 16.8 Å². The molecular weight excluding hydrogens is 336 g/mol. The average molecular weight is 360 g/mol. The molecule has 6 heteroatoms. The van der Waals surface area contributed by atoms with E-state index in [-0.39, 0.29) is 0 Å². The average Bonchev–Trinajstić information content (AvgIpc) is 3.39. The van der Waals surface area contributed by atoms with Crippen molar-refractivity contribution in [3.8, 4) is 0 Å². The van der Waals surface area contributed by atoms with Gasteiger partial charge in [-0.3, -0.25) is 9.30 Å². The minimum Gasteiger partial charge on any atom is -0.345 e. The van der Waals surface area contributed by atoms with Crippen molar-refractivity contribution in [1.82, 2.24) is 29.5 Å². The predicted molar refractivity (Wildman–Crippen MR) is 105 cm³/mol. The fourth-order valence-corrected chi connectivity index (χ4v) is 4.47. The van der Waals surface area contributed by atoms with E-state index < -0.39 is 0 Å². The van der Waals surface area contributed by atoms with Crippen LogP contribution in [0.5, 0.6) is 0 Å². The molecule has 4 aromatic rings. The Morgan fingerprint density at radius 2 is 1.96 bits per heavy atom. The van der Waals surface area contributed by atoms with E-state index in [1.54, 1.807) is 6.20 Å². The Kier molecular flexibility index (Phi) is 3.93. The lowest BCUT2D eigenvalue weighted by molar-refractivity contribution is 0.296. The lowest BCUT2D eigenvalue weighted by Crippen LogP contribution is -2.21. The predicted octanol–water partition coefficient (Wildman–Crippen LogP) is 3.48. The highest BCUT2D eigenvalue weighted by atomic mass is 15.3. The first-order valence-corrected chi connectivity index (χ1v) is 9.64. The first-order valence-electron chi connectivity index (χ1n) is 9.64. The Labute approximate surface area is 158 Å². The van der Waals surface area contributed by atoms with Crippen LogP contribution in [0, 0.1) is 11.8 Å².